The maximum Gasteiger partial charge on any atom is 0.331 e. The van der Waals surface area contributed by atoms with Crippen molar-refractivity contribution in [1.82, 2.24) is 20.2 Å². The second-order valence-electron chi connectivity index (χ2n) is 10.3. The number of rotatable bonds is 10. The molecule has 4 rings (SSSR count). The fourth-order valence-corrected chi connectivity index (χ4v) is 5.69. The number of nitrogens with one attached hydrogen (secondary N) is 1. The molecule has 1 N–H and O–H groups in total. The van der Waals surface area contributed by atoms with Gasteiger partial charge in [0.1, 0.15) is 17.0 Å². The number of pyridine rings is 2. The molecule has 1 aliphatic rings. The number of benzene rings is 1. The Morgan fingerprint density at radius 3 is 2.43 bits per heavy atom. The third-order valence-electron chi connectivity index (χ3n) is 7.06. The predicted molar refractivity (Wildman–Crippen MR) is 169 cm³/mol. The molecule has 0 unspecified atom stereocenters. The molecule has 0 radical (unpaired) electrons. The molecule has 0 spiro atoms. The Balaban J connectivity index is 0.00000484. The van der Waals surface area contributed by atoms with E-state index in [4.69, 9.17) is 44.3 Å². The summed E-state index contributed by atoms with van der Waals surface area (Å²) < 4.78 is 11.0. The standard InChI is InChI=1S/C30H33Cl3N4O4.ClH/c1-37(2)15-8-16-41-24-17-19(10-11-21(24)31)25-20(9-7-14-34-25)26-22(32)18-23(33)27(35-26)28(38)36-30(29(39)40-3)12-5-4-6-13-30;/h7,9-11,14,17-18H,4-6,8,12-13,15-16H2,1-3H3,(H,36,38);1H. The first-order chi connectivity index (χ1) is 19.6. The summed E-state index contributed by atoms with van der Waals surface area (Å²) >= 11 is 19.5. The molecule has 226 valence electrons. The molecule has 1 fully saturated rings. The molecule has 1 aliphatic carbocycles. The van der Waals surface area contributed by atoms with E-state index in [1.165, 1.54) is 13.2 Å². The van der Waals surface area contributed by atoms with Crippen LogP contribution in [0.2, 0.25) is 15.1 Å². The van der Waals surface area contributed by atoms with Gasteiger partial charge in [0.25, 0.3) is 5.91 Å². The fourth-order valence-electron chi connectivity index (χ4n) is 4.97. The minimum Gasteiger partial charge on any atom is -0.492 e. The van der Waals surface area contributed by atoms with Gasteiger partial charge >= 0.3 is 5.97 Å². The van der Waals surface area contributed by atoms with Crippen LogP contribution in [0.3, 0.4) is 0 Å². The Morgan fingerprint density at radius 2 is 1.74 bits per heavy atom. The number of hydrogen-bond donors (Lipinski definition) is 1. The normalized spacial score (nSPS) is 14.2. The lowest BCUT2D eigenvalue weighted by Gasteiger charge is -2.35. The minimum atomic E-state index is -1.12. The number of hydrogen-bond acceptors (Lipinski definition) is 7. The van der Waals surface area contributed by atoms with Gasteiger partial charge in [-0.15, -0.1) is 12.4 Å². The van der Waals surface area contributed by atoms with E-state index < -0.39 is 17.4 Å². The highest BCUT2D eigenvalue weighted by molar-refractivity contribution is 6.38. The smallest absolute Gasteiger partial charge is 0.331 e. The zero-order valence-corrected chi connectivity index (χ0v) is 26.8. The molecule has 1 aromatic carbocycles. The van der Waals surface area contributed by atoms with Crippen LogP contribution in [-0.4, -0.2) is 66.6 Å². The Kier molecular flexibility index (Phi) is 12.3. The quantitative estimate of drug-likeness (QED) is 0.183. The maximum atomic E-state index is 13.5. The van der Waals surface area contributed by atoms with E-state index in [1.807, 2.05) is 32.3 Å². The van der Waals surface area contributed by atoms with Crippen LogP contribution < -0.4 is 10.1 Å². The molecule has 0 bridgehead atoms. The van der Waals surface area contributed by atoms with Crippen LogP contribution in [0.15, 0.2) is 42.6 Å². The van der Waals surface area contributed by atoms with Crippen molar-refractivity contribution in [2.45, 2.75) is 44.1 Å². The van der Waals surface area contributed by atoms with E-state index in [2.05, 4.69) is 20.2 Å². The van der Waals surface area contributed by atoms with Gasteiger partial charge in [-0.05, 0) is 63.7 Å². The van der Waals surface area contributed by atoms with Crippen LogP contribution in [0.5, 0.6) is 5.75 Å². The van der Waals surface area contributed by atoms with Crippen LogP contribution in [-0.2, 0) is 9.53 Å². The first-order valence-electron chi connectivity index (χ1n) is 13.4. The maximum absolute atomic E-state index is 13.5. The summed E-state index contributed by atoms with van der Waals surface area (Å²) in [5.41, 5.74) is 1.05. The van der Waals surface area contributed by atoms with E-state index >= 15 is 0 Å². The minimum absolute atomic E-state index is 0. The van der Waals surface area contributed by atoms with Gasteiger partial charge in [0.15, 0.2) is 0 Å². The second-order valence-corrected chi connectivity index (χ2v) is 11.5. The highest BCUT2D eigenvalue weighted by Gasteiger charge is 2.42. The Hall–Kier alpha value is -2.62. The molecule has 3 aromatic rings. The topological polar surface area (TPSA) is 93.6 Å². The molecule has 2 heterocycles. The third kappa shape index (κ3) is 7.85. The van der Waals surface area contributed by atoms with Gasteiger partial charge in [-0.1, -0.05) is 60.1 Å². The van der Waals surface area contributed by atoms with Gasteiger partial charge in [-0.25, -0.2) is 9.78 Å². The fraction of sp³-hybridized carbons (Fsp3) is 0.400. The number of aromatic nitrogens is 2. The highest BCUT2D eigenvalue weighted by atomic mass is 35.5. The summed E-state index contributed by atoms with van der Waals surface area (Å²) in [6, 6.07) is 10.5. The SMILES string of the molecule is COC(=O)C1(NC(=O)c2nc(-c3cccnc3-c3ccc(Cl)c(OCCCN(C)C)c3)c(Cl)cc2Cl)CCCCC1.Cl. The van der Waals surface area contributed by atoms with Gasteiger partial charge in [0.2, 0.25) is 0 Å². The van der Waals surface area contributed by atoms with E-state index in [0.29, 0.717) is 47.2 Å². The van der Waals surface area contributed by atoms with Crippen LogP contribution in [0, 0.1) is 0 Å². The summed E-state index contributed by atoms with van der Waals surface area (Å²) in [6.07, 6.45) is 6.03. The molecular formula is C30H34Cl4N4O4. The average molecular weight is 656 g/mol. The van der Waals surface area contributed by atoms with Crippen molar-refractivity contribution in [2.24, 2.45) is 0 Å². The predicted octanol–water partition coefficient (Wildman–Crippen LogP) is 7.13. The van der Waals surface area contributed by atoms with Gasteiger partial charge in [-0.3, -0.25) is 9.78 Å². The van der Waals surface area contributed by atoms with Gasteiger partial charge in [-0.2, -0.15) is 0 Å². The van der Waals surface area contributed by atoms with Crippen LogP contribution in [0.4, 0.5) is 0 Å². The Morgan fingerprint density at radius 1 is 1.00 bits per heavy atom. The lowest BCUT2D eigenvalue weighted by Crippen LogP contribution is -2.56. The van der Waals surface area contributed by atoms with Crippen LogP contribution in [0.25, 0.3) is 22.5 Å². The zero-order chi connectivity index (χ0) is 29.6. The van der Waals surface area contributed by atoms with Gasteiger partial charge in [0.05, 0.1) is 40.2 Å². The first-order valence-corrected chi connectivity index (χ1v) is 14.6. The average Bonchev–Trinajstić information content (AvgIpc) is 2.96. The van der Waals surface area contributed by atoms with Crippen LogP contribution in [0.1, 0.15) is 49.0 Å². The number of carbonyl (C=O) groups is 2. The number of nitrogens with zero attached hydrogens (tertiary/aromatic N) is 3. The number of methoxy groups -OCH3 is 1. The highest BCUT2D eigenvalue weighted by Crippen LogP contribution is 2.38. The summed E-state index contributed by atoms with van der Waals surface area (Å²) in [7, 11) is 5.33. The summed E-state index contributed by atoms with van der Waals surface area (Å²) in [4.78, 5) is 37.5. The Labute approximate surface area is 267 Å². The summed E-state index contributed by atoms with van der Waals surface area (Å²) in [5.74, 6) is -0.520. The van der Waals surface area contributed by atoms with E-state index in [1.54, 1.807) is 18.3 Å². The summed E-state index contributed by atoms with van der Waals surface area (Å²) in [5, 5.41) is 3.67. The van der Waals surface area contributed by atoms with E-state index in [0.717, 1.165) is 37.8 Å². The molecule has 0 saturated heterocycles. The Bertz CT molecular complexity index is 1410. The molecule has 1 saturated carbocycles. The largest absolute Gasteiger partial charge is 0.492 e. The molecular weight excluding hydrogens is 622 g/mol. The van der Waals surface area contributed by atoms with Crippen molar-refractivity contribution < 1.29 is 19.1 Å². The number of halogens is 4. The van der Waals surface area contributed by atoms with Crippen molar-refractivity contribution in [1.29, 1.82) is 0 Å². The first kappa shape index (κ1) is 33.9. The van der Waals surface area contributed by atoms with E-state index in [9.17, 15) is 9.59 Å². The second kappa shape index (κ2) is 15.2. The van der Waals surface area contributed by atoms with Gasteiger partial charge in [0, 0.05) is 23.9 Å². The van der Waals surface area contributed by atoms with Gasteiger partial charge < -0.3 is 19.7 Å². The molecule has 2 aromatic heterocycles. The lowest BCUT2D eigenvalue weighted by atomic mass is 9.81. The zero-order valence-electron chi connectivity index (χ0n) is 23.7. The third-order valence-corrected chi connectivity index (χ3v) is 7.94. The van der Waals surface area contributed by atoms with Crippen molar-refractivity contribution in [3.63, 3.8) is 0 Å². The summed E-state index contributed by atoms with van der Waals surface area (Å²) in [6.45, 7) is 1.39. The van der Waals surface area contributed by atoms with Crippen molar-refractivity contribution in [2.75, 3.05) is 34.4 Å². The molecule has 1 amide bonds. The molecule has 42 heavy (non-hydrogen) atoms. The molecule has 8 nitrogen and oxygen atoms in total. The van der Waals surface area contributed by atoms with Crippen LogP contribution >= 0.6 is 47.2 Å². The van der Waals surface area contributed by atoms with Crippen molar-refractivity contribution in [3.8, 4) is 28.3 Å². The van der Waals surface area contributed by atoms with E-state index in [-0.39, 0.29) is 28.1 Å². The van der Waals surface area contributed by atoms with Crippen molar-refractivity contribution >= 4 is 59.1 Å². The lowest BCUT2D eigenvalue weighted by molar-refractivity contribution is -0.149. The number of amides is 1. The number of carbonyl (C=O) groups excluding carboxylic acids is 2. The molecule has 12 heteroatoms. The number of ether oxygens (including phenoxy) is 2. The molecule has 0 aliphatic heterocycles. The van der Waals surface area contributed by atoms with Crippen molar-refractivity contribution in [3.05, 3.63) is 63.4 Å². The monoisotopic (exact) mass is 654 g/mol. The number of esters is 1. The molecule has 0 atom stereocenters.